The van der Waals surface area contributed by atoms with Crippen LogP contribution in [0.4, 0.5) is 5.95 Å². The number of hydrogen-bond acceptors (Lipinski definition) is 8. The highest BCUT2D eigenvalue weighted by atomic mass is 16.3. The summed E-state index contributed by atoms with van der Waals surface area (Å²) in [7, 11) is 0. The van der Waals surface area contributed by atoms with Gasteiger partial charge in [-0.15, -0.1) is 5.10 Å². The van der Waals surface area contributed by atoms with Crippen molar-refractivity contribution in [2.75, 3.05) is 11.9 Å². The maximum absolute atomic E-state index is 11.4. The molecule has 1 aliphatic rings. The minimum atomic E-state index is -0.253. The summed E-state index contributed by atoms with van der Waals surface area (Å²) < 4.78 is 3.37. The van der Waals surface area contributed by atoms with Crippen molar-refractivity contribution in [1.29, 1.82) is 0 Å². The number of rotatable bonds is 7. The summed E-state index contributed by atoms with van der Waals surface area (Å²) in [6.07, 6.45) is 7.62. The Morgan fingerprint density at radius 1 is 1.19 bits per heavy atom. The zero-order valence-corrected chi connectivity index (χ0v) is 17.3. The number of primary amides is 1. The number of benzene rings is 1. The van der Waals surface area contributed by atoms with Crippen LogP contribution >= 0.6 is 0 Å². The summed E-state index contributed by atoms with van der Waals surface area (Å²) >= 11 is 0. The second-order valence-corrected chi connectivity index (χ2v) is 7.92. The third-order valence-corrected chi connectivity index (χ3v) is 5.77. The quantitative estimate of drug-likeness (QED) is 0.393. The molecular weight excluding hydrogens is 410 g/mol. The van der Waals surface area contributed by atoms with Crippen molar-refractivity contribution in [3.05, 3.63) is 42.9 Å². The van der Waals surface area contributed by atoms with E-state index in [1.807, 2.05) is 30.5 Å². The van der Waals surface area contributed by atoms with Gasteiger partial charge in [-0.1, -0.05) is 17.3 Å². The molecule has 3 aromatic heterocycles. The van der Waals surface area contributed by atoms with Crippen LogP contribution in [-0.4, -0.2) is 58.4 Å². The number of hydrogen-bond donors (Lipinski definition) is 3. The van der Waals surface area contributed by atoms with Crippen molar-refractivity contribution in [1.82, 2.24) is 34.7 Å². The van der Waals surface area contributed by atoms with E-state index in [1.165, 1.54) is 0 Å². The molecule has 11 nitrogen and oxygen atoms in total. The van der Waals surface area contributed by atoms with Gasteiger partial charge in [0.25, 0.3) is 0 Å². The molecule has 4 aromatic rings. The first kappa shape index (κ1) is 20.1. The minimum absolute atomic E-state index is 0.0462. The predicted molar refractivity (Wildman–Crippen MR) is 117 cm³/mol. The Kier molecular flexibility index (Phi) is 5.23. The second-order valence-electron chi connectivity index (χ2n) is 7.92. The van der Waals surface area contributed by atoms with Crippen molar-refractivity contribution in [3.8, 4) is 16.8 Å². The number of aliphatic hydroxyl groups is 1. The Bertz CT molecular complexity index is 1250. The standard InChI is InChI=1S/C21H23N9O2/c22-19(32)14-1-4-16(9-14)25-21-23-11-18-20(26-21)30(28-27-18)17-5-2-13(3-6-17)15-10-24-29(12-15)7-8-31/h2-3,5-6,10-12,14,16,31H,1,4,7-9H2,(H2,22,32)(H,23,25,26)/t14-,16+/m0/s1. The molecule has 1 aromatic carbocycles. The van der Waals surface area contributed by atoms with Crippen molar-refractivity contribution in [3.63, 3.8) is 0 Å². The van der Waals surface area contributed by atoms with Crippen LogP contribution < -0.4 is 11.1 Å². The lowest BCUT2D eigenvalue weighted by Gasteiger charge is -2.12. The molecule has 0 spiro atoms. The molecule has 164 valence electrons. The Balaban J connectivity index is 1.37. The Morgan fingerprint density at radius 3 is 2.78 bits per heavy atom. The zero-order valence-electron chi connectivity index (χ0n) is 17.3. The molecule has 0 bridgehead atoms. The van der Waals surface area contributed by atoms with Gasteiger partial charge < -0.3 is 16.2 Å². The number of amides is 1. The number of aromatic nitrogens is 7. The second kappa shape index (κ2) is 8.35. The molecule has 1 aliphatic carbocycles. The SMILES string of the molecule is NC(=O)[C@H]1CC[C@@H](Nc2ncc3nnn(-c4ccc(-c5cnn(CCO)c5)cc4)c3n2)C1. The van der Waals surface area contributed by atoms with Crippen LogP contribution in [0.3, 0.4) is 0 Å². The molecule has 5 rings (SSSR count). The van der Waals surface area contributed by atoms with E-state index < -0.39 is 0 Å². The Morgan fingerprint density at radius 2 is 2.03 bits per heavy atom. The van der Waals surface area contributed by atoms with Crippen molar-refractivity contribution < 1.29 is 9.90 Å². The zero-order chi connectivity index (χ0) is 22.1. The summed E-state index contributed by atoms with van der Waals surface area (Å²) in [6, 6.07) is 7.95. The van der Waals surface area contributed by atoms with Crippen LogP contribution in [0.25, 0.3) is 28.0 Å². The van der Waals surface area contributed by atoms with Gasteiger partial charge >= 0.3 is 0 Å². The summed E-state index contributed by atoms with van der Waals surface area (Å²) in [6.45, 7) is 0.508. The van der Waals surface area contributed by atoms with Crippen LogP contribution in [0.2, 0.25) is 0 Å². The number of nitrogens with one attached hydrogen (secondary N) is 1. The maximum Gasteiger partial charge on any atom is 0.225 e. The van der Waals surface area contributed by atoms with Gasteiger partial charge in [-0.25, -0.2) is 4.98 Å². The third kappa shape index (κ3) is 3.89. The van der Waals surface area contributed by atoms with E-state index in [2.05, 4.69) is 30.7 Å². The van der Waals surface area contributed by atoms with E-state index >= 15 is 0 Å². The van der Waals surface area contributed by atoms with Crippen LogP contribution in [0.5, 0.6) is 0 Å². The lowest BCUT2D eigenvalue weighted by molar-refractivity contribution is -0.121. The van der Waals surface area contributed by atoms with Crippen molar-refractivity contribution >= 4 is 23.0 Å². The molecule has 0 unspecified atom stereocenters. The number of aliphatic hydroxyl groups excluding tert-OH is 1. The van der Waals surface area contributed by atoms with Crippen molar-refractivity contribution in [2.24, 2.45) is 11.7 Å². The fraction of sp³-hybridized carbons (Fsp3) is 0.333. The lowest BCUT2D eigenvalue weighted by Crippen LogP contribution is -2.23. The molecule has 3 heterocycles. The summed E-state index contributed by atoms with van der Waals surface area (Å²) in [5, 5.41) is 25.0. The van der Waals surface area contributed by atoms with Crippen LogP contribution in [0.15, 0.2) is 42.9 Å². The molecule has 32 heavy (non-hydrogen) atoms. The van der Waals surface area contributed by atoms with Crippen LogP contribution in [0, 0.1) is 5.92 Å². The summed E-state index contributed by atoms with van der Waals surface area (Å²) in [4.78, 5) is 20.4. The van der Waals surface area contributed by atoms with Gasteiger partial charge in [-0.3, -0.25) is 9.48 Å². The average molecular weight is 433 g/mol. The Labute approximate surface area is 183 Å². The summed E-state index contributed by atoms with van der Waals surface area (Å²) in [5.74, 6) is 0.124. The lowest BCUT2D eigenvalue weighted by atomic mass is 10.1. The molecule has 2 atom stereocenters. The van der Waals surface area contributed by atoms with Crippen molar-refractivity contribution in [2.45, 2.75) is 31.8 Å². The molecule has 0 aliphatic heterocycles. The minimum Gasteiger partial charge on any atom is -0.394 e. The fourth-order valence-electron chi connectivity index (χ4n) is 4.06. The molecule has 1 amide bonds. The van der Waals surface area contributed by atoms with E-state index in [0.717, 1.165) is 29.7 Å². The van der Waals surface area contributed by atoms with E-state index in [9.17, 15) is 4.79 Å². The number of carbonyl (C=O) groups is 1. The molecule has 4 N–H and O–H groups in total. The topological polar surface area (TPSA) is 150 Å². The highest BCUT2D eigenvalue weighted by Gasteiger charge is 2.28. The van der Waals surface area contributed by atoms with E-state index in [0.29, 0.717) is 30.1 Å². The van der Waals surface area contributed by atoms with E-state index in [1.54, 1.807) is 21.8 Å². The molecule has 11 heteroatoms. The molecule has 0 saturated heterocycles. The highest BCUT2D eigenvalue weighted by molar-refractivity contribution is 5.77. The smallest absolute Gasteiger partial charge is 0.225 e. The first-order chi connectivity index (χ1) is 15.6. The van der Waals surface area contributed by atoms with Gasteiger partial charge in [0, 0.05) is 23.7 Å². The largest absolute Gasteiger partial charge is 0.394 e. The number of carbonyl (C=O) groups excluding carboxylic acids is 1. The molecular formula is C21H23N9O2. The van der Waals surface area contributed by atoms with Gasteiger partial charge in [0.15, 0.2) is 11.2 Å². The number of anilines is 1. The van der Waals surface area contributed by atoms with Gasteiger partial charge in [0.1, 0.15) is 0 Å². The number of nitrogens with zero attached hydrogens (tertiary/aromatic N) is 7. The van der Waals surface area contributed by atoms with Gasteiger partial charge in [-0.2, -0.15) is 14.8 Å². The summed E-state index contributed by atoms with van der Waals surface area (Å²) in [5.41, 5.74) is 9.40. The highest BCUT2D eigenvalue weighted by Crippen LogP contribution is 2.27. The van der Waals surface area contributed by atoms with Crippen LogP contribution in [0.1, 0.15) is 19.3 Å². The van der Waals surface area contributed by atoms with Gasteiger partial charge in [0.2, 0.25) is 11.9 Å². The molecule has 1 fully saturated rings. The van der Waals surface area contributed by atoms with E-state index in [-0.39, 0.29) is 24.5 Å². The number of nitrogens with two attached hydrogens (primary N) is 1. The molecule has 1 saturated carbocycles. The first-order valence-corrected chi connectivity index (χ1v) is 10.5. The van der Waals surface area contributed by atoms with E-state index in [4.69, 9.17) is 10.8 Å². The number of fused-ring (bicyclic) bond motifs is 1. The first-order valence-electron chi connectivity index (χ1n) is 10.5. The monoisotopic (exact) mass is 433 g/mol. The third-order valence-electron chi connectivity index (χ3n) is 5.77. The predicted octanol–water partition coefficient (Wildman–Crippen LogP) is 1.13. The molecule has 0 radical (unpaired) electrons. The fourth-order valence-corrected chi connectivity index (χ4v) is 4.06. The van der Waals surface area contributed by atoms with Crippen LogP contribution in [-0.2, 0) is 11.3 Å². The van der Waals surface area contributed by atoms with Gasteiger partial charge in [-0.05, 0) is 37.0 Å². The normalized spacial score (nSPS) is 18.3. The van der Waals surface area contributed by atoms with Gasteiger partial charge in [0.05, 0.1) is 31.2 Å². The average Bonchev–Trinajstić information content (AvgIpc) is 3.54. The maximum atomic E-state index is 11.4. The Hall–Kier alpha value is -3.86.